The molecular weight excluding hydrogens is 261 g/mol. The molecule has 1 aliphatic rings. The van der Waals surface area contributed by atoms with E-state index in [1.165, 1.54) is 0 Å². The zero-order valence-electron chi connectivity index (χ0n) is 11.3. The third-order valence-corrected chi connectivity index (χ3v) is 3.35. The van der Waals surface area contributed by atoms with E-state index in [1.54, 1.807) is 4.90 Å². The average Bonchev–Trinajstić information content (AvgIpc) is 2.33. The molecule has 1 aliphatic heterocycles. The summed E-state index contributed by atoms with van der Waals surface area (Å²) in [5.74, 6) is 0.211. The van der Waals surface area contributed by atoms with E-state index in [0.717, 1.165) is 6.42 Å². The predicted octanol–water partition coefficient (Wildman–Crippen LogP) is 1.41. The number of halogens is 3. The molecule has 2 atom stereocenters. The molecule has 19 heavy (non-hydrogen) atoms. The molecule has 0 radical (unpaired) electrons. The molecule has 4 nitrogen and oxygen atoms in total. The Morgan fingerprint density at radius 3 is 2.68 bits per heavy atom. The van der Waals surface area contributed by atoms with Gasteiger partial charge in [-0.2, -0.15) is 13.2 Å². The fraction of sp³-hybridized carbons (Fsp3) is 0.917. The number of nitrogens with one attached hydrogen (secondary N) is 1. The predicted molar refractivity (Wildman–Crippen MR) is 64.7 cm³/mol. The Morgan fingerprint density at radius 2 is 2.16 bits per heavy atom. The van der Waals surface area contributed by atoms with Gasteiger partial charge in [-0.15, -0.1) is 0 Å². The molecule has 1 saturated heterocycles. The van der Waals surface area contributed by atoms with Crippen LogP contribution in [-0.2, 0) is 9.53 Å². The standard InChI is InChI=1S/C12H21F3N2O2/c1-9-7-17(5-3-10(9)16-2)11(18)4-6-19-8-12(13,14)15/h9-10,16H,3-8H2,1-2H3. The second-order valence-corrected chi connectivity index (χ2v) is 4.92. The molecule has 2 unspecified atom stereocenters. The van der Waals surface area contributed by atoms with Crippen LogP contribution >= 0.6 is 0 Å². The van der Waals surface area contributed by atoms with Crippen molar-refractivity contribution in [1.29, 1.82) is 0 Å². The Balaban J connectivity index is 2.24. The van der Waals surface area contributed by atoms with Gasteiger partial charge in [-0.05, 0) is 19.4 Å². The normalized spacial score (nSPS) is 24.6. The van der Waals surface area contributed by atoms with Gasteiger partial charge in [0, 0.05) is 19.1 Å². The highest BCUT2D eigenvalue weighted by atomic mass is 19.4. The number of hydrogen-bond donors (Lipinski definition) is 1. The molecule has 0 bridgehead atoms. The van der Waals surface area contributed by atoms with E-state index in [9.17, 15) is 18.0 Å². The van der Waals surface area contributed by atoms with Crippen molar-refractivity contribution in [1.82, 2.24) is 10.2 Å². The largest absolute Gasteiger partial charge is 0.411 e. The molecule has 112 valence electrons. The number of nitrogens with zero attached hydrogens (tertiary/aromatic N) is 1. The van der Waals surface area contributed by atoms with Gasteiger partial charge in [0.1, 0.15) is 6.61 Å². The number of amides is 1. The summed E-state index contributed by atoms with van der Waals surface area (Å²) in [6.45, 7) is 1.87. The van der Waals surface area contributed by atoms with Crippen molar-refractivity contribution in [3.8, 4) is 0 Å². The van der Waals surface area contributed by atoms with Crippen LogP contribution in [0.1, 0.15) is 19.8 Å². The molecule has 1 amide bonds. The van der Waals surface area contributed by atoms with Crippen LogP contribution in [0.5, 0.6) is 0 Å². The third kappa shape index (κ3) is 5.78. The lowest BCUT2D eigenvalue weighted by Crippen LogP contribution is -2.49. The molecule has 0 aromatic carbocycles. The first-order valence-electron chi connectivity index (χ1n) is 6.43. The first kappa shape index (κ1) is 16.2. The van der Waals surface area contributed by atoms with Crippen molar-refractivity contribution in [2.75, 3.05) is 33.4 Å². The summed E-state index contributed by atoms with van der Waals surface area (Å²) in [5.41, 5.74) is 0. The Morgan fingerprint density at radius 1 is 1.47 bits per heavy atom. The van der Waals surface area contributed by atoms with Crippen LogP contribution in [0.2, 0.25) is 0 Å². The fourth-order valence-electron chi connectivity index (χ4n) is 2.31. The summed E-state index contributed by atoms with van der Waals surface area (Å²) in [6.07, 6.45) is -3.46. The van der Waals surface area contributed by atoms with E-state index in [4.69, 9.17) is 0 Å². The highest BCUT2D eigenvalue weighted by Crippen LogP contribution is 2.18. The number of hydrogen-bond acceptors (Lipinski definition) is 3. The van der Waals surface area contributed by atoms with Crippen molar-refractivity contribution in [3.63, 3.8) is 0 Å². The molecule has 7 heteroatoms. The Bertz CT molecular complexity index is 297. The van der Waals surface area contributed by atoms with Gasteiger partial charge in [0.25, 0.3) is 0 Å². The Kier molecular flexibility index (Phi) is 6.06. The summed E-state index contributed by atoms with van der Waals surface area (Å²) in [7, 11) is 1.89. The lowest BCUT2D eigenvalue weighted by atomic mass is 9.94. The molecule has 0 aliphatic carbocycles. The van der Waals surface area contributed by atoms with Crippen molar-refractivity contribution in [2.24, 2.45) is 5.92 Å². The molecule has 1 fully saturated rings. The van der Waals surface area contributed by atoms with Gasteiger partial charge in [-0.1, -0.05) is 6.92 Å². The smallest absolute Gasteiger partial charge is 0.372 e. The maximum atomic E-state index is 11.8. The van der Waals surface area contributed by atoms with Crippen LogP contribution in [0.25, 0.3) is 0 Å². The van der Waals surface area contributed by atoms with Crippen molar-refractivity contribution in [2.45, 2.75) is 32.0 Å². The molecular formula is C12H21F3N2O2. The zero-order chi connectivity index (χ0) is 14.5. The topological polar surface area (TPSA) is 41.6 Å². The van der Waals surface area contributed by atoms with Crippen LogP contribution in [0, 0.1) is 5.92 Å². The number of piperidine rings is 1. The average molecular weight is 282 g/mol. The lowest BCUT2D eigenvalue weighted by molar-refractivity contribution is -0.175. The number of carbonyl (C=O) groups is 1. The maximum Gasteiger partial charge on any atom is 0.411 e. The fourth-order valence-corrected chi connectivity index (χ4v) is 2.31. The summed E-state index contributed by atoms with van der Waals surface area (Å²) in [5, 5.41) is 3.19. The number of ether oxygens (including phenoxy) is 1. The van der Waals surface area contributed by atoms with Crippen LogP contribution in [0.4, 0.5) is 13.2 Å². The highest BCUT2D eigenvalue weighted by Gasteiger charge is 2.29. The molecule has 0 aromatic heterocycles. The van der Waals surface area contributed by atoms with Gasteiger partial charge in [0.15, 0.2) is 0 Å². The van der Waals surface area contributed by atoms with Crippen LogP contribution < -0.4 is 5.32 Å². The van der Waals surface area contributed by atoms with Gasteiger partial charge in [-0.25, -0.2) is 0 Å². The third-order valence-electron chi connectivity index (χ3n) is 3.35. The van der Waals surface area contributed by atoms with Crippen molar-refractivity contribution < 1.29 is 22.7 Å². The molecule has 1 rings (SSSR count). The monoisotopic (exact) mass is 282 g/mol. The second-order valence-electron chi connectivity index (χ2n) is 4.92. The summed E-state index contributed by atoms with van der Waals surface area (Å²) in [4.78, 5) is 13.5. The number of carbonyl (C=O) groups excluding carboxylic acids is 1. The lowest BCUT2D eigenvalue weighted by Gasteiger charge is -2.36. The van der Waals surface area contributed by atoms with Gasteiger partial charge < -0.3 is 15.0 Å². The minimum Gasteiger partial charge on any atom is -0.372 e. The molecule has 1 heterocycles. The van der Waals surface area contributed by atoms with E-state index < -0.39 is 12.8 Å². The van der Waals surface area contributed by atoms with Crippen LogP contribution in [0.15, 0.2) is 0 Å². The van der Waals surface area contributed by atoms with Crippen LogP contribution in [0.3, 0.4) is 0 Å². The quantitative estimate of drug-likeness (QED) is 0.775. The second kappa shape index (κ2) is 7.09. The first-order valence-corrected chi connectivity index (χ1v) is 6.43. The van der Waals surface area contributed by atoms with E-state index in [-0.39, 0.29) is 18.9 Å². The molecule has 0 aromatic rings. The molecule has 0 saturated carbocycles. The zero-order valence-corrected chi connectivity index (χ0v) is 11.3. The summed E-state index contributed by atoms with van der Waals surface area (Å²) in [6, 6.07) is 0.394. The molecule has 1 N–H and O–H groups in total. The Labute approximate surface area is 111 Å². The van der Waals surface area contributed by atoms with Gasteiger partial charge in [-0.3, -0.25) is 4.79 Å². The van der Waals surface area contributed by atoms with Crippen molar-refractivity contribution in [3.05, 3.63) is 0 Å². The van der Waals surface area contributed by atoms with Gasteiger partial charge >= 0.3 is 6.18 Å². The van der Waals surface area contributed by atoms with E-state index >= 15 is 0 Å². The molecule has 0 spiro atoms. The number of rotatable bonds is 5. The van der Waals surface area contributed by atoms with E-state index in [0.29, 0.717) is 25.0 Å². The SMILES string of the molecule is CNC1CCN(C(=O)CCOCC(F)(F)F)CC1C. The van der Waals surface area contributed by atoms with E-state index in [1.807, 2.05) is 7.05 Å². The highest BCUT2D eigenvalue weighted by molar-refractivity contribution is 5.76. The van der Waals surface area contributed by atoms with Gasteiger partial charge in [0.05, 0.1) is 13.0 Å². The van der Waals surface area contributed by atoms with Gasteiger partial charge in [0.2, 0.25) is 5.91 Å². The minimum absolute atomic E-state index is 0.00696. The Hall–Kier alpha value is -0.820. The van der Waals surface area contributed by atoms with Crippen molar-refractivity contribution >= 4 is 5.91 Å². The maximum absolute atomic E-state index is 11.8. The number of likely N-dealkylation sites (tertiary alicyclic amines) is 1. The van der Waals surface area contributed by atoms with Crippen LogP contribution in [-0.4, -0.2) is 56.4 Å². The van der Waals surface area contributed by atoms with E-state index in [2.05, 4.69) is 17.0 Å². The summed E-state index contributed by atoms with van der Waals surface area (Å²) >= 11 is 0. The summed E-state index contributed by atoms with van der Waals surface area (Å²) < 4.78 is 40.0. The minimum atomic E-state index is -4.33. The number of alkyl halides is 3. The first-order chi connectivity index (χ1) is 8.83.